The van der Waals surface area contributed by atoms with E-state index in [4.69, 9.17) is 4.74 Å². The van der Waals surface area contributed by atoms with E-state index in [2.05, 4.69) is 36.7 Å². The Morgan fingerprint density at radius 2 is 2.28 bits per heavy atom. The third-order valence-electron chi connectivity index (χ3n) is 4.06. The van der Waals surface area contributed by atoms with Crippen LogP contribution in [-0.4, -0.2) is 24.3 Å². The molecule has 0 aliphatic carbocycles. The molecule has 102 valence electrons. The zero-order chi connectivity index (χ0) is 13.0. The summed E-state index contributed by atoms with van der Waals surface area (Å²) in [6.45, 7) is 11.7. The first-order valence-corrected chi connectivity index (χ1v) is 7.16. The highest BCUT2D eigenvalue weighted by molar-refractivity contribution is 5.26. The van der Waals surface area contributed by atoms with Crippen LogP contribution in [0.1, 0.15) is 36.7 Å². The van der Waals surface area contributed by atoms with Crippen molar-refractivity contribution in [3.8, 4) is 0 Å². The van der Waals surface area contributed by atoms with Gasteiger partial charge in [-0.05, 0) is 57.7 Å². The summed E-state index contributed by atoms with van der Waals surface area (Å²) in [5, 5.41) is 3.57. The quantitative estimate of drug-likeness (QED) is 0.786. The Morgan fingerprint density at radius 3 is 2.89 bits per heavy atom. The predicted octanol–water partition coefficient (Wildman–Crippen LogP) is 2.64. The van der Waals surface area contributed by atoms with Gasteiger partial charge in [-0.15, -0.1) is 0 Å². The van der Waals surface area contributed by atoms with Crippen LogP contribution < -0.4 is 5.32 Å². The topological polar surface area (TPSA) is 26.2 Å². The molecule has 3 nitrogen and oxygen atoms in total. The molecule has 2 rings (SSSR count). The van der Waals surface area contributed by atoms with Gasteiger partial charge in [0.25, 0.3) is 0 Å². The number of hydrogen-bond acceptors (Lipinski definition) is 2. The minimum absolute atomic E-state index is 0.778. The molecule has 1 aromatic rings. The van der Waals surface area contributed by atoms with Crippen molar-refractivity contribution in [3.05, 3.63) is 23.0 Å². The van der Waals surface area contributed by atoms with E-state index in [0.717, 1.165) is 38.8 Å². The molecule has 1 N–H and O–H groups in total. The van der Waals surface area contributed by atoms with E-state index in [1.165, 1.54) is 29.8 Å². The Kier molecular flexibility index (Phi) is 4.84. The largest absolute Gasteiger partial charge is 0.381 e. The standard InChI is InChI=1S/C15H26N2O/c1-4-17-12(2)9-15(13(17)3)10-16-7-5-14-6-8-18-11-14/h9,14,16H,4-8,10-11H2,1-3H3. The van der Waals surface area contributed by atoms with Gasteiger partial charge >= 0.3 is 0 Å². The normalized spacial score (nSPS) is 19.6. The van der Waals surface area contributed by atoms with E-state index in [1.807, 2.05) is 0 Å². The molecular formula is C15H26N2O. The Labute approximate surface area is 111 Å². The molecule has 0 aromatic carbocycles. The fraction of sp³-hybridized carbons (Fsp3) is 0.733. The van der Waals surface area contributed by atoms with E-state index in [1.54, 1.807) is 0 Å². The van der Waals surface area contributed by atoms with Crippen LogP contribution in [0.4, 0.5) is 0 Å². The van der Waals surface area contributed by atoms with Crippen molar-refractivity contribution in [1.29, 1.82) is 0 Å². The minimum atomic E-state index is 0.778. The highest BCUT2D eigenvalue weighted by Crippen LogP contribution is 2.16. The summed E-state index contributed by atoms with van der Waals surface area (Å²) in [6.07, 6.45) is 2.48. The smallest absolute Gasteiger partial charge is 0.0495 e. The molecule has 3 heteroatoms. The van der Waals surface area contributed by atoms with Gasteiger partial charge in [-0.2, -0.15) is 0 Å². The van der Waals surface area contributed by atoms with Gasteiger partial charge in [0.15, 0.2) is 0 Å². The number of nitrogens with zero attached hydrogens (tertiary/aromatic N) is 1. The molecule has 1 atom stereocenters. The molecule has 0 amide bonds. The maximum absolute atomic E-state index is 5.39. The third kappa shape index (κ3) is 3.15. The van der Waals surface area contributed by atoms with E-state index in [-0.39, 0.29) is 0 Å². The van der Waals surface area contributed by atoms with E-state index >= 15 is 0 Å². The maximum atomic E-state index is 5.39. The molecule has 2 heterocycles. The van der Waals surface area contributed by atoms with Crippen molar-refractivity contribution >= 4 is 0 Å². The number of hydrogen-bond donors (Lipinski definition) is 1. The van der Waals surface area contributed by atoms with Crippen LogP contribution in [-0.2, 0) is 17.8 Å². The van der Waals surface area contributed by atoms with Gasteiger partial charge in [-0.25, -0.2) is 0 Å². The second-order valence-corrected chi connectivity index (χ2v) is 5.34. The molecule has 1 aliphatic heterocycles. The lowest BCUT2D eigenvalue weighted by atomic mass is 10.1. The average Bonchev–Trinajstić information content (AvgIpc) is 2.94. The number of rotatable bonds is 6. The van der Waals surface area contributed by atoms with E-state index < -0.39 is 0 Å². The first-order valence-electron chi connectivity index (χ1n) is 7.16. The lowest BCUT2D eigenvalue weighted by Crippen LogP contribution is -2.18. The zero-order valence-corrected chi connectivity index (χ0v) is 12.0. The van der Waals surface area contributed by atoms with Gasteiger partial charge in [0.2, 0.25) is 0 Å². The summed E-state index contributed by atoms with van der Waals surface area (Å²) in [5.74, 6) is 0.778. The van der Waals surface area contributed by atoms with Crippen molar-refractivity contribution in [2.75, 3.05) is 19.8 Å². The Hall–Kier alpha value is -0.800. The number of nitrogens with one attached hydrogen (secondary N) is 1. The predicted molar refractivity (Wildman–Crippen MR) is 74.8 cm³/mol. The summed E-state index contributed by atoms with van der Waals surface area (Å²) >= 11 is 0. The van der Waals surface area contributed by atoms with Crippen molar-refractivity contribution in [2.24, 2.45) is 5.92 Å². The van der Waals surface area contributed by atoms with Crippen LogP contribution in [0.5, 0.6) is 0 Å². The third-order valence-corrected chi connectivity index (χ3v) is 4.06. The summed E-state index contributed by atoms with van der Waals surface area (Å²) in [5.41, 5.74) is 4.22. The van der Waals surface area contributed by atoms with Crippen molar-refractivity contribution in [1.82, 2.24) is 9.88 Å². The highest BCUT2D eigenvalue weighted by atomic mass is 16.5. The fourth-order valence-electron chi connectivity index (χ4n) is 2.88. The SMILES string of the molecule is CCn1c(C)cc(CNCCC2CCOC2)c1C. The fourth-order valence-corrected chi connectivity index (χ4v) is 2.88. The van der Waals surface area contributed by atoms with Gasteiger partial charge < -0.3 is 14.6 Å². The van der Waals surface area contributed by atoms with Crippen molar-refractivity contribution in [2.45, 2.75) is 46.7 Å². The highest BCUT2D eigenvalue weighted by Gasteiger charge is 2.14. The maximum Gasteiger partial charge on any atom is 0.0495 e. The molecule has 0 radical (unpaired) electrons. The second kappa shape index (κ2) is 6.39. The molecule has 1 aliphatic rings. The monoisotopic (exact) mass is 250 g/mol. The molecule has 1 unspecified atom stereocenters. The summed E-state index contributed by atoms with van der Waals surface area (Å²) < 4.78 is 7.77. The number of ether oxygens (including phenoxy) is 1. The molecule has 0 bridgehead atoms. The Morgan fingerprint density at radius 1 is 1.44 bits per heavy atom. The van der Waals surface area contributed by atoms with Crippen LogP contribution in [0.15, 0.2) is 6.07 Å². The summed E-state index contributed by atoms with van der Waals surface area (Å²) in [7, 11) is 0. The first-order chi connectivity index (χ1) is 8.72. The molecule has 0 saturated carbocycles. The lowest BCUT2D eigenvalue weighted by Gasteiger charge is -2.09. The second-order valence-electron chi connectivity index (χ2n) is 5.34. The van der Waals surface area contributed by atoms with E-state index in [9.17, 15) is 0 Å². The molecule has 1 saturated heterocycles. The molecule has 1 fully saturated rings. The van der Waals surface area contributed by atoms with Gasteiger partial charge in [-0.1, -0.05) is 0 Å². The minimum Gasteiger partial charge on any atom is -0.381 e. The zero-order valence-electron chi connectivity index (χ0n) is 12.0. The van der Waals surface area contributed by atoms with Gasteiger partial charge in [0, 0.05) is 37.7 Å². The van der Waals surface area contributed by atoms with Crippen molar-refractivity contribution in [3.63, 3.8) is 0 Å². The Bertz CT molecular complexity index is 378. The van der Waals surface area contributed by atoms with Crippen LogP contribution >= 0.6 is 0 Å². The number of aryl methyl sites for hydroxylation is 1. The van der Waals surface area contributed by atoms with Gasteiger partial charge in [0.05, 0.1) is 0 Å². The average molecular weight is 250 g/mol. The number of aromatic nitrogens is 1. The van der Waals surface area contributed by atoms with Crippen LogP contribution in [0.2, 0.25) is 0 Å². The van der Waals surface area contributed by atoms with Crippen LogP contribution in [0.3, 0.4) is 0 Å². The van der Waals surface area contributed by atoms with Crippen LogP contribution in [0, 0.1) is 19.8 Å². The summed E-state index contributed by atoms with van der Waals surface area (Å²) in [4.78, 5) is 0. The van der Waals surface area contributed by atoms with Crippen molar-refractivity contribution < 1.29 is 4.74 Å². The Balaban J connectivity index is 1.76. The van der Waals surface area contributed by atoms with Gasteiger partial charge in [0.1, 0.15) is 0 Å². The molecule has 18 heavy (non-hydrogen) atoms. The molecule has 0 spiro atoms. The van der Waals surface area contributed by atoms with Crippen LogP contribution in [0.25, 0.3) is 0 Å². The van der Waals surface area contributed by atoms with E-state index in [0.29, 0.717) is 0 Å². The first kappa shape index (κ1) is 13.6. The van der Waals surface area contributed by atoms with Gasteiger partial charge in [-0.3, -0.25) is 0 Å². The lowest BCUT2D eigenvalue weighted by molar-refractivity contribution is 0.184. The molecular weight excluding hydrogens is 224 g/mol. The summed E-state index contributed by atoms with van der Waals surface area (Å²) in [6, 6.07) is 2.31. The molecule has 1 aromatic heterocycles.